The van der Waals surface area contributed by atoms with Crippen LogP contribution in [0.25, 0.3) is 0 Å². The average molecular weight is 386 g/mol. The van der Waals surface area contributed by atoms with E-state index in [1.54, 1.807) is 0 Å². The highest BCUT2D eigenvalue weighted by Gasteiger charge is 2.18. The van der Waals surface area contributed by atoms with E-state index in [4.69, 9.17) is 4.74 Å². The van der Waals surface area contributed by atoms with E-state index in [-0.39, 0.29) is 11.3 Å². The van der Waals surface area contributed by atoms with Crippen LogP contribution in [0.5, 0.6) is 5.75 Å². The molecule has 1 unspecified atom stereocenters. The van der Waals surface area contributed by atoms with Gasteiger partial charge in [-0.1, -0.05) is 70.2 Å². The van der Waals surface area contributed by atoms with Gasteiger partial charge in [0, 0.05) is 18.1 Å². The Morgan fingerprint density at radius 1 is 1.07 bits per heavy atom. The molecule has 0 heterocycles. The third kappa shape index (κ3) is 7.30. The number of benzene rings is 2. The molecule has 1 N–H and O–H groups in total. The molecular formula is C23H31NO2S. The first-order valence-corrected chi connectivity index (χ1v) is 10.7. The second-order valence-electron chi connectivity index (χ2n) is 7.62. The van der Waals surface area contributed by atoms with E-state index >= 15 is 0 Å². The minimum atomic E-state index is -0.454. The normalized spacial score (nSPS) is 12.4. The van der Waals surface area contributed by atoms with E-state index in [0.29, 0.717) is 13.0 Å². The van der Waals surface area contributed by atoms with Gasteiger partial charge < -0.3 is 10.1 Å². The van der Waals surface area contributed by atoms with Gasteiger partial charge in [-0.15, -0.1) is 0 Å². The molecule has 0 aliphatic heterocycles. The summed E-state index contributed by atoms with van der Waals surface area (Å²) in [5.74, 6) is 2.54. The second kappa shape index (κ2) is 10.4. The number of hydrogen-bond donors (Lipinski definition) is 1. The number of hydrogen-bond acceptors (Lipinski definition) is 3. The number of thioether (sulfide) groups is 1. The lowest BCUT2D eigenvalue weighted by atomic mass is 9.87. The highest BCUT2D eigenvalue weighted by molar-refractivity contribution is 7.98. The molecule has 0 aliphatic carbocycles. The molecule has 0 aromatic heterocycles. The van der Waals surface area contributed by atoms with E-state index in [1.807, 2.05) is 36.9 Å². The molecule has 1 amide bonds. The molecule has 0 spiro atoms. The van der Waals surface area contributed by atoms with Gasteiger partial charge in [0.25, 0.3) is 5.91 Å². The third-order valence-corrected chi connectivity index (χ3v) is 5.35. The van der Waals surface area contributed by atoms with E-state index in [1.165, 1.54) is 11.1 Å². The standard InChI is InChI=1S/C23H31NO2S/c1-5-21(26-20-13-11-19(12-14-20)23(2,3)4)22(25)24-15-16-27-17-18-9-7-6-8-10-18/h6-14,21H,5,15-17H2,1-4H3,(H,24,25). The number of nitrogens with one attached hydrogen (secondary N) is 1. The van der Waals surface area contributed by atoms with Gasteiger partial charge in [0.15, 0.2) is 6.10 Å². The molecule has 0 saturated heterocycles. The van der Waals surface area contributed by atoms with Gasteiger partial charge in [0.05, 0.1) is 0 Å². The Bertz CT molecular complexity index is 693. The maximum absolute atomic E-state index is 12.4. The Morgan fingerprint density at radius 2 is 1.74 bits per heavy atom. The summed E-state index contributed by atoms with van der Waals surface area (Å²) in [5, 5.41) is 2.99. The lowest BCUT2D eigenvalue weighted by Gasteiger charge is -2.21. The molecule has 2 rings (SSSR count). The lowest BCUT2D eigenvalue weighted by molar-refractivity contribution is -0.127. The molecule has 1 atom stereocenters. The Kier molecular flexibility index (Phi) is 8.23. The zero-order valence-corrected chi connectivity index (χ0v) is 17.6. The van der Waals surface area contributed by atoms with Gasteiger partial charge in [-0.05, 0) is 35.1 Å². The predicted octanol–water partition coefficient (Wildman–Crippen LogP) is 5.19. The molecule has 0 saturated carbocycles. The number of amides is 1. The topological polar surface area (TPSA) is 38.3 Å². The Labute approximate surface area is 167 Å². The van der Waals surface area contributed by atoms with Crippen molar-refractivity contribution in [1.82, 2.24) is 5.32 Å². The van der Waals surface area contributed by atoms with Crippen LogP contribution in [-0.2, 0) is 16.0 Å². The van der Waals surface area contributed by atoms with Crippen LogP contribution >= 0.6 is 11.8 Å². The van der Waals surface area contributed by atoms with Crippen LogP contribution in [0.1, 0.15) is 45.2 Å². The van der Waals surface area contributed by atoms with E-state index in [0.717, 1.165) is 17.3 Å². The summed E-state index contributed by atoms with van der Waals surface area (Å²) in [6, 6.07) is 18.4. The monoisotopic (exact) mass is 385 g/mol. The number of carbonyl (C=O) groups excluding carboxylic acids is 1. The highest BCUT2D eigenvalue weighted by Crippen LogP contribution is 2.24. The molecule has 0 fully saturated rings. The Balaban J connectivity index is 1.74. The summed E-state index contributed by atoms with van der Waals surface area (Å²) in [5.41, 5.74) is 2.67. The fourth-order valence-electron chi connectivity index (χ4n) is 2.64. The molecule has 27 heavy (non-hydrogen) atoms. The van der Waals surface area contributed by atoms with Crippen LogP contribution in [0.15, 0.2) is 54.6 Å². The van der Waals surface area contributed by atoms with Crippen molar-refractivity contribution in [2.75, 3.05) is 12.3 Å². The second-order valence-corrected chi connectivity index (χ2v) is 8.72. The summed E-state index contributed by atoms with van der Waals surface area (Å²) >= 11 is 1.82. The zero-order valence-electron chi connectivity index (χ0n) is 16.8. The van der Waals surface area contributed by atoms with E-state index in [2.05, 4.69) is 62.5 Å². The summed E-state index contributed by atoms with van der Waals surface area (Å²) in [4.78, 5) is 12.4. The van der Waals surface area contributed by atoms with Crippen molar-refractivity contribution < 1.29 is 9.53 Å². The molecular weight excluding hydrogens is 354 g/mol. The SMILES string of the molecule is CCC(Oc1ccc(C(C)(C)C)cc1)C(=O)NCCSCc1ccccc1. The van der Waals surface area contributed by atoms with Crippen LogP contribution in [0.2, 0.25) is 0 Å². The molecule has 2 aromatic carbocycles. The first kappa shape index (κ1) is 21.4. The van der Waals surface area contributed by atoms with Crippen LogP contribution in [0.3, 0.4) is 0 Å². The van der Waals surface area contributed by atoms with Crippen molar-refractivity contribution in [3.05, 3.63) is 65.7 Å². The van der Waals surface area contributed by atoms with E-state index < -0.39 is 6.10 Å². The van der Waals surface area contributed by atoms with E-state index in [9.17, 15) is 4.79 Å². The lowest BCUT2D eigenvalue weighted by Crippen LogP contribution is -2.39. The van der Waals surface area contributed by atoms with Crippen molar-refractivity contribution in [1.29, 1.82) is 0 Å². The molecule has 146 valence electrons. The van der Waals surface area contributed by atoms with Crippen molar-refractivity contribution >= 4 is 17.7 Å². The highest BCUT2D eigenvalue weighted by atomic mass is 32.2. The van der Waals surface area contributed by atoms with Gasteiger partial charge in [0.1, 0.15) is 5.75 Å². The average Bonchev–Trinajstić information content (AvgIpc) is 2.66. The zero-order chi connectivity index (χ0) is 19.7. The number of rotatable bonds is 9. The maximum Gasteiger partial charge on any atom is 0.261 e. The fraction of sp³-hybridized carbons (Fsp3) is 0.435. The first-order chi connectivity index (χ1) is 12.9. The van der Waals surface area contributed by atoms with Crippen LogP contribution in [-0.4, -0.2) is 24.3 Å². The minimum absolute atomic E-state index is 0.0438. The molecule has 2 aromatic rings. The van der Waals surface area contributed by atoms with Crippen molar-refractivity contribution in [3.63, 3.8) is 0 Å². The van der Waals surface area contributed by atoms with Crippen LogP contribution in [0, 0.1) is 0 Å². The van der Waals surface area contributed by atoms with Gasteiger partial charge in [-0.3, -0.25) is 4.79 Å². The fourth-order valence-corrected chi connectivity index (χ4v) is 3.46. The Morgan fingerprint density at radius 3 is 2.33 bits per heavy atom. The smallest absolute Gasteiger partial charge is 0.261 e. The molecule has 4 heteroatoms. The Hall–Kier alpha value is -1.94. The summed E-state index contributed by atoms with van der Waals surface area (Å²) in [6.45, 7) is 9.17. The van der Waals surface area contributed by atoms with Gasteiger partial charge in [-0.2, -0.15) is 11.8 Å². The maximum atomic E-state index is 12.4. The quantitative estimate of drug-likeness (QED) is 0.604. The number of carbonyl (C=O) groups is 1. The predicted molar refractivity (Wildman–Crippen MR) is 115 cm³/mol. The van der Waals surface area contributed by atoms with Crippen LogP contribution < -0.4 is 10.1 Å². The molecule has 0 radical (unpaired) electrons. The summed E-state index contributed by atoms with van der Waals surface area (Å²) in [6.07, 6.45) is 0.189. The largest absolute Gasteiger partial charge is 0.481 e. The third-order valence-electron chi connectivity index (χ3n) is 4.32. The minimum Gasteiger partial charge on any atom is -0.481 e. The first-order valence-electron chi connectivity index (χ1n) is 9.56. The van der Waals surface area contributed by atoms with Crippen molar-refractivity contribution in [2.24, 2.45) is 0 Å². The van der Waals surface area contributed by atoms with Gasteiger partial charge in [-0.25, -0.2) is 0 Å². The van der Waals surface area contributed by atoms with Crippen molar-refractivity contribution in [3.8, 4) is 5.75 Å². The molecule has 0 bridgehead atoms. The molecule has 0 aliphatic rings. The van der Waals surface area contributed by atoms with Crippen molar-refractivity contribution in [2.45, 2.75) is 51.4 Å². The van der Waals surface area contributed by atoms with Gasteiger partial charge >= 0.3 is 0 Å². The summed E-state index contributed by atoms with van der Waals surface area (Å²) < 4.78 is 5.90. The van der Waals surface area contributed by atoms with Gasteiger partial charge in [0.2, 0.25) is 0 Å². The van der Waals surface area contributed by atoms with Crippen LogP contribution in [0.4, 0.5) is 0 Å². The summed E-state index contributed by atoms with van der Waals surface area (Å²) in [7, 11) is 0. The molecule has 3 nitrogen and oxygen atoms in total. The number of ether oxygens (including phenoxy) is 1.